The average Bonchev–Trinajstić information content (AvgIpc) is 3.13. The van der Waals surface area contributed by atoms with Gasteiger partial charge < -0.3 is 14.6 Å². The van der Waals surface area contributed by atoms with Gasteiger partial charge in [0.05, 0.1) is 12.2 Å². The number of allylic oxidation sites excluding steroid dienone is 2. The molecule has 19 heavy (non-hydrogen) atoms. The lowest BCUT2D eigenvalue weighted by molar-refractivity contribution is -0.123. The second-order valence-electron chi connectivity index (χ2n) is 5.51. The molecular weight excluding hydrogens is 248 g/mol. The first kappa shape index (κ1) is 12.8. The molecule has 2 saturated heterocycles. The van der Waals surface area contributed by atoms with Crippen molar-refractivity contribution < 1.29 is 24.2 Å². The van der Waals surface area contributed by atoms with Crippen LogP contribution in [0.5, 0.6) is 0 Å². The van der Waals surface area contributed by atoms with Crippen LogP contribution in [0.4, 0.5) is 0 Å². The largest absolute Gasteiger partial charge is 0.511 e. The first-order valence-corrected chi connectivity index (χ1v) is 6.82. The number of ether oxygens (including phenoxy) is 2. The Morgan fingerprint density at radius 2 is 2.26 bits per heavy atom. The summed E-state index contributed by atoms with van der Waals surface area (Å²) in [6.07, 6.45) is 1.72. The zero-order valence-corrected chi connectivity index (χ0v) is 11.0. The van der Waals surface area contributed by atoms with Crippen LogP contribution in [0, 0.1) is 5.92 Å². The summed E-state index contributed by atoms with van der Waals surface area (Å²) in [6.45, 7) is 2.89. The third kappa shape index (κ3) is 1.92. The summed E-state index contributed by atoms with van der Waals surface area (Å²) in [7, 11) is 0. The van der Waals surface area contributed by atoms with E-state index in [1.807, 2.05) is 0 Å². The summed E-state index contributed by atoms with van der Waals surface area (Å²) in [4.78, 5) is 23.8. The van der Waals surface area contributed by atoms with Gasteiger partial charge in [-0.1, -0.05) is 6.92 Å². The maximum Gasteiger partial charge on any atom is 0.170 e. The van der Waals surface area contributed by atoms with Crippen LogP contribution in [-0.4, -0.2) is 41.6 Å². The van der Waals surface area contributed by atoms with E-state index >= 15 is 0 Å². The lowest BCUT2D eigenvalue weighted by Gasteiger charge is -2.30. The maximum atomic E-state index is 12.1. The smallest absolute Gasteiger partial charge is 0.170 e. The topological polar surface area (TPSA) is 76.1 Å². The molecule has 0 aromatic rings. The van der Waals surface area contributed by atoms with Crippen LogP contribution in [-0.2, 0) is 19.1 Å². The number of Topliss-reactive ketones (excluding diaryl/α,β-unsaturated/α-hetero) is 2. The monoisotopic (exact) mass is 266 g/mol. The Morgan fingerprint density at radius 3 is 2.89 bits per heavy atom. The lowest BCUT2D eigenvalue weighted by atomic mass is 9.74. The van der Waals surface area contributed by atoms with E-state index in [0.717, 1.165) is 6.42 Å². The first-order chi connectivity index (χ1) is 9.08. The van der Waals surface area contributed by atoms with Gasteiger partial charge in [0.15, 0.2) is 11.6 Å². The van der Waals surface area contributed by atoms with Crippen molar-refractivity contribution in [2.75, 3.05) is 13.2 Å². The fourth-order valence-corrected chi connectivity index (χ4v) is 3.34. The molecule has 0 amide bonds. The summed E-state index contributed by atoms with van der Waals surface area (Å²) in [5.41, 5.74) is -0.290. The van der Waals surface area contributed by atoms with E-state index in [1.165, 1.54) is 0 Å². The molecule has 2 aliphatic heterocycles. The first-order valence-electron chi connectivity index (χ1n) is 6.82. The lowest BCUT2D eigenvalue weighted by Crippen LogP contribution is -2.38. The summed E-state index contributed by atoms with van der Waals surface area (Å²) in [5.74, 6) is -0.583. The molecule has 5 nitrogen and oxygen atoms in total. The fourth-order valence-electron chi connectivity index (χ4n) is 3.34. The third-order valence-corrected chi connectivity index (χ3v) is 4.49. The van der Waals surface area contributed by atoms with Crippen LogP contribution in [0.25, 0.3) is 0 Å². The number of aliphatic hydroxyl groups is 1. The summed E-state index contributed by atoms with van der Waals surface area (Å²) in [5, 5.41) is 10.0. The molecule has 104 valence electrons. The molecule has 5 heteroatoms. The van der Waals surface area contributed by atoms with Gasteiger partial charge in [-0.05, 0) is 0 Å². The van der Waals surface area contributed by atoms with E-state index < -0.39 is 0 Å². The molecule has 3 atom stereocenters. The number of aliphatic hydroxyl groups excluding tert-OH is 1. The number of epoxide rings is 1. The van der Waals surface area contributed by atoms with Gasteiger partial charge in [0.1, 0.15) is 17.5 Å². The summed E-state index contributed by atoms with van der Waals surface area (Å²) < 4.78 is 11.1. The van der Waals surface area contributed by atoms with Crippen molar-refractivity contribution >= 4 is 11.6 Å². The minimum absolute atomic E-state index is 0.0133. The number of carbonyl (C=O) groups is 2. The van der Waals surface area contributed by atoms with Gasteiger partial charge in [-0.3, -0.25) is 9.59 Å². The van der Waals surface area contributed by atoms with Crippen LogP contribution in [0.2, 0.25) is 0 Å². The predicted octanol–water partition coefficient (Wildman–Crippen LogP) is 1.31. The number of hydrogen-bond donors (Lipinski definition) is 1. The molecule has 0 saturated carbocycles. The van der Waals surface area contributed by atoms with E-state index in [0.29, 0.717) is 26.1 Å². The van der Waals surface area contributed by atoms with Crippen molar-refractivity contribution in [1.82, 2.24) is 0 Å². The number of hydrogen-bond acceptors (Lipinski definition) is 5. The van der Waals surface area contributed by atoms with Gasteiger partial charge in [-0.25, -0.2) is 0 Å². The highest BCUT2D eigenvalue weighted by Crippen LogP contribution is 2.52. The van der Waals surface area contributed by atoms with Crippen molar-refractivity contribution in [2.24, 2.45) is 5.92 Å². The SMILES string of the molecule is CCC(=O)C1=C(O)CC(C23CCOCC2O3)CC1=O. The predicted molar refractivity (Wildman–Crippen MR) is 65.7 cm³/mol. The fraction of sp³-hybridized carbons (Fsp3) is 0.714. The van der Waals surface area contributed by atoms with Gasteiger partial charge in [-0.15, -0.1) is 0 Å². The Hall–Kier alpha value is -1.20. The molecule has 0 spiro atoms. The van der Waals surface area contributed by atoms with Gasteiger partial charge >= 0.3 is 0 Å². The number of rotatable bonds is 3. The average molecular weight is 266 g/mol. The number of fused-ring (bicyclic) bond motifs is 1. The minimum Gasteiger partial charge on any atom is -0.511 e. The zero-order valence-electron chi connectivity index (χ0n) is 11.0. The molecule has 2 fully saturated rings. The van der Waals surface area contributed by atoms with Crippen LogP contribution in [0.1, 0.15) is 32.6 Å². The highest BCUT2D eigenvalue weighted by atomic mass is 16.6. The minimum atomic E-state index is -0.303. The summed E-state index contributed by atoms with van der Waals surface area (Å²) in [6, 6.07) is 0. The Kier molecular flexibility index (Phi) is 2.98. The van der Waals surface area contributed by atoms with E-state index in [1.54, 1.807) is 6.92 Å². The quantitative estimate of drug-likeness (QED) is 0.615. The second kappa shape index (κ2) is 4.42. The van der Waals surface area contributed by atoms with Crippen molar-refractivity contribution in [1.29, 1.82) is 0 Å². The molecular formula is C14H18O5. The molecule has 0 radical (unpaired) electrons. The van der Waals surface area contributed by atoms with E-state index in [2.05, 4.69) is 0 Å². The van der Waals surface area contributed by atoms with Crippen molar-refractivity contribution in [3.63, 3.8) is 0 Å². The third-order valence-electron chi connectivity index (χ3n) is 4.49. The molecule has 1 N–H and O–H groups in total. The maximum absolute atomic E-state index is 12.1. The van der Waals surface area contributed by atoms with Crippen LogP contribution in [0.15, 0.2) is 11.3 Å². The van der Waals surface area contributed by atoms with Gasteiger partial charge in [0.2, 0.25) is 0 Å². The van der Waals surface area contributed by atoms with Crippen LogP contribution < -0.4 is 0 Å². The number of ketones is 2. The van der Waals surface area contributed by atoms with Crippen molar-refractivity contribution in [3.05, 3.63) is 11.3 Å². The van der Waals surface area contributed by atoms with Crippen LogP contribution >= 0.6 is 0 Å². The van der Waals surface area contributed by atoms with E-state index in [9.17, 15) is 14.7 Å². The van der Waals surface area contributed by atoms with E-state index in [4.69, 9.17) is 9.47 Å². The molecule has 3 aliphatic rings. The molecule has 1 aliphatic carbocycles. The second-order valence-corrected chi connectivity index (χ2v) is 5.51. The zero-order chi connectivity index (χ0) is 13.6. The highest BCUT2D eigenvalue weighted by Gasteiger charge is 2.63. The van der Waals surface area contributed by atoms with Gasteiger partial charge in [-0.2, -0.15) is 0 Å². The Balaban J connectivity index is 1.81. The molecule has 0 bridgehead atoms. The highest BCUT2D eigenvalue weighted by molar-refractivity contribution is 6.20. The molecule has 3 unspecified atom stereocenters. The van der Waals surface area contributed by atoms with Crippen molar-refractivity contribution in [3.8, 4) is 0 Å². The Labute approximate surface area is 111 Å². The molecule has 0 aromatic carbocycles. The molecule has 2 heterocycles. The summed E-state index contributed by atoms with van der Waals surface area (Å²) >= 11 is 0. The Morgan fingerprint density at radius 1 is 1.47 bits per heavy atom. The Bertz CT molecular complexity index is 466. The van der Waals surface area contributed by atoms with Gasteiger partial charge in [0.25, 0.3) is 0 Å². The van der Waals surface area contributed by atoms with E-state index in [-0.39, 0.29) is 46.9 Å². The van der Waals surface area contributed by atoms with Gasteiger partial charge in [0, 0.05) is 38.2 Å². The standard InChI is InChI=1S/C14H18O5/c1-2-9(15)13-10(16)5-8(6-11(13)17)14-3-4-18-7-12(14)19-14/h8,12,16H,2-7H2,1H3. The molecule has 0 aromatic heterocycles. The normalized spacial score (nSPS) is 38.1. The molecule has 3 rings (SSSR count). The number of carbonyl (C=O) groups excluding carboxylic acids is 2. The van der Waals surface area contributed by atoms with Crippen molar-refractivity contribution in [2.45, 2.75) is 44.3 Å². The van der Waals surface area contributed by atoms with Crippen LogP contribution in [0.3, 0.4) is 0 Å².